The fraction of sp³-hybridized carbons (Fsp3) is 0.111. The zero-order chi connectivity index (χ0) is 21.6. The van der Waals surface area contributed by atoms with E-state index in [4.69, 9.17) is 16.3 Å². The molecule has 1 N–H and O–H groups in total. The van der Waals surface area contributed by atoms with Crippen molar-refractivity contribution in [1.29, 1.82) is 0 Å². The molecule has 0 atom stereocenters. The molecular weight excluding hydrogens is 423 g/mol. The van der Waals surface area contributed by atoms with Crippen LogP contribution in [0, 0.1) is 29.1 Å². The summed E-state index contributed by atoms with van der Waals surface area (Å²) in [4.78, 5) is 12.6. The van der Waals surface area contributed by atoms with E-state index in [9.17, 15) is 31.9 Å². The summed E-state index contributed by atoms with van der Waals surface area (Å²) in [6, 6.07) is 2.59. The molecule has 1 aliphatic heterocycles. The van der Waals surface area contributed by atoms with Gasteiger partial charge in [-0.2, -0.15) is 10.1 Å². The maximum Gasteiger partial charge on any atom is 0.280 e. The van der Waals surface area contributed by atoms with Crippen LogP contribution in [-0.2, 0) is 4.79 Å². The van der Waals surface area contributed by atoms with E-state index in [1.165, 1.54) is 32.2 Å². The first kappa shape index (κ1) is 20.6. The number of ether oxygens (including phenoxy) is 1. The number of carbonyl (C=O) groups is 1. The average Bonchev–Trinajstić information content (AvgIpc) is 2.95. The summed E-state index contributed by atoms with van der Waals surface area (Å²) in [5.74, 6) is -12.6. The third kappa shape index (κ3) is 3.29. The molecule has 11 heteroatoms. The van der Waals surface area contributed by atoms with E-state index >= 15 is 0 Å². The quantitative estimate of drug-likeness (QED) is 0.335. The van der Waals surface area contributed by atoms with Crippen LogP contribution in [0.2, 0.25) is 5.02 Å². The molecule has 0 spiro atoms. The van der Waals surface area contributed by atoms with Gasteiger partial charge in [0.2, 0.25) is 5.82 Å². The molecule has 0 saturated heterocycles. The van der Waals surface area contributed by atoms with E-state index in [1.807, 2.05) is 0 Å². The van der Waals surface area contributed by atoms with Crippen LogP contribution in [0.4, 0.5) is 27.6 Å². The van der Waals surface area contributed by atoms with E-state index < -0.39 is 40.7 Å². The van der Waals surface area contributed by atoms with Crippen molar-refractivity contribution < 1.29 is 36.6 Å². The molecule has 2 aromatic rings. The van der Waals surface area contributed by atoms with Gasteiger partial charge in [-0.05, 0) is 30.7 Å². The number of hydrogen-bond acceptors (Lipinski definition) is 4. The van der Waals surface area contributed by atoms with E-state index in [1.54, 1.807) is 0 Å². The molecule has 3 rings (SSSR count). The van der Waals surface area contributed by atoms with Gasteiger partial charge in [0.05, 0.1) is 23.4 Å². The Labute approximate surface area is 165 Å². The van der Waals surface area contributed by atoms with Gasteiger partial charge in [-0.3, -0.25) is 4.79 Å². The Morgan fingerprint density at radius 1 is 1.07 bits per heavy atom. The van der Waals surface area contributed by atoms with Gasteiger partial charge < -0.3 is 9.84 Å². The number of phenolic OH excluding ortho intramolecular Hbond substituents is 1. The van der Waals surface area contributed by atoms with Crippen LogP contribution in [0.5, 0.6) is 11.5 Å². The highest BCUT2D eigenvalue weighted by atomic mass is 35.5. The van der Waals surface area contributed by atoms with Gasteiger partial charge in [0.25, 0.3) is 5.91 Å². The minimum atomic E-state index is -2.35. The lowest BCUT2D eigenvalue weighted by atomic mass is 10.1. The average molecular weight is 433 g/mol. The number of halogens is 6. The van der Waals surface area contributed by atoms with Gasteiger partial charge in [-0.25, -0.2) is 22.0 Å². The van der Waals surface area contributed by atoms with Crippen molar-refractivity contribution in [2.75, 3.05) is 12.1 Å². The van der Waals surface area contributed by atoms with E-state index in [0.717, 1.165) is 0 Å². The molecule has 152 valence electrons. The maximum absolute atomic E-state index is 14.0. The lowest BCUT2D eigenvalue weighted by Crippen LogP contribution is -2.25. The summed E-state index contributed by atoms with van der Waals surface area (Å²) in [6.07, 6.45) is 1.21. The second-order valence-electron chi connectivity index (χ2n) is 5.83. The molecule has 0 radical (unpaired) electrons. The second kappa shape index (κ2) is 7.36. The monoisotopic (exact) mass is 432 g/mol. The van der Waals surface area contributed by atoms with E-state index in [-0.39, 0.29) is 38.4 Å². The number of nitrogens with zero attached hydrogens (tertiary/aromatic N) is 2. The first-order valence-electron chi connectivity index (χ1n) is 7.78. The van der Waals surface area contributed by atoms with Crippen molar-refractivity contribution in [3.63, 3.8) is 0 Å². The van der Waals surface area contributed by atoms with Crippen molar-refractivity contribution in [2.45, 2.75) is 6.92 Å². The largest absolute Gasteiger partial charge is 0.503 e. The fourth-order valence-corrected chi connectivity index (χ4v) is 2.83. The predicted molar refractivity (Wildman–Crippen MR) is 94.5 cm³/mol. The highest BCUT2D eigenvalue weighted by molar-refractivity contribution is 6.33. The molecule has 1 amide bonds. The molecular formula is C18H10ClF5N2O3. The van der Waals surface area contributed by atoms with Crippen molar-refractivity contribution in [3.05, 3.63) is 57.4 Å². The molecule has 0 fully saturated rings. The highest BCUT2D eigenvalue weighted by Gasteiger charge is 2.37. The van der Waals surface area contributed by atoms with Crippen molar-refractivity contribution in [3.8, 4) is 11.5 Å². The molecule has 0 aliphatic carbocycles. The summed E-state index contributed by atoms with van der Waals surface area (Å²) in [6.45, 7) is 1.30. The van der Waals surface area contributed by atoms with Crippen LogP contribution in [-0.4, -0.2) is 23.8 Å². The number of methoxy groups -OCH3 is 1. The van der Waals surface area contributed by atoms with Gasteiger partial charge >= 0.3 is 0 Å². The van der Waals surface area contributed by atoms with Gasteiger partial charge in [-0.1, -0.05) is 11.6 Å². The smallest absolute Gasteiger partial charge is 0.280 e. The molecule has 0 bridgehead atoms. The van der Waals surface area contributed by atoms with Crippen LogP contribution in [0.25, 0.3) is 6.08 Å². The van der Waals surface area contributed by atoms with E-state index in [0.29, 0.717) is 0 Å². The minimum Gasteiger partial charge on any atom is -0.503 e. The molecule has 0 saturated carbocycles. The van der Waals surface area contributed by atoms with Crippen LogP contribution in [0.15, 0.2) is 22.8 Å². The number of amides is 1. The van der Waals surface area contributed by atoms with Gasteiger partial charge in [0, 0.05) is 0 Å². The van der Waals surface area contributed by atoms with Gasteiger partial charge in [0.1, 0.15) is 5.69 Å². The third-order valence-corrected chi connectivity index (χ3v) is 4.33. The first-order valence-corrected chi connectivity index (χ1v) is 8.15. The number of rotatable bonds is 3. The predicted octanol–water partition coefficient (Wildman–Crippen LogP) is 4.56. The van der Waals surface area contributed by atoms with Crippen LogP contribution in [0.1, 0.15) is 12.5 Å². The molecule has 0 aromatic heterocycles. The first-order chi connectivity index (χ1) is 13.6. The Kier molecular flexibility index (Phi) is 5.22. The zero-order valence-electron chi connectivity index (χ0n) is 14.7. The lowest BCUT2D eigenvalue weighted by Gasteiger charge is -2.15. The topological polar surface area (TPSA) is 62.1 Å². The number of phenols is 1. The summed E-state index contributed by atoms with van der Waals surface area (Å²) in [5.41, 5.74) is -1.49. The van der Waals surface area contributed by atoms with Gasteiger partial charge in [-0.15, -0.1) is 0 Å². The molecule has 1 aliphatic rings. The number of benzene rings is 2. The fourth-order valence-electron chi connectivity index (χ4n) is 2.61. The summed E-state index contributed by atoms with van der Waals surface area (Å²) in [5, 5.41) is 13.4. The number of anilines is 1. The van der Waals surface area contributed by atoms with E-state index in [2.05, 4.69) is 5.10 Å². The molecule has 1 heterocycles. The Balaban J connectivity index is 2.10. The number of aromatic hydroxyl groups is 1. The third-order valence-electron chi connectivity index (χ3n) is 4.04. The number of hydrogen-bond donors (Lipinski definition) is 1. The normalized spacial score (nSPS) is 15.3. The molecule has 29 heavy (non-hydrogen) atoms. The Morgan fingerprint density at radius 3 is 2.17 bits per heavy atom. The standard InChI is InChI=1S/C18H10ClF5N2O3/c1-6-8(3-7-4-9(19)17(27)10(5-7)29-2)18(28)26(25-6)16-14(23)12(21)11(20)13(22)15(16)24/h3-5,27H,1-2H3. The van der Waals surface area contributed by atoms with Crippen LogP contribution < -0.4 is 9.75 Å². The van der Waals surface area contributed by atoms with Crippen molar-refractivity contribution in [1.82, 2.24) is 0 Å². The summed E-state index contributed by atoms with van der Waals surface area (Å²) < 4.78 is 73.2. The van der Waals surface area contributed by atoms with Crippen molar-refractivity contribution in [2.24, 2.45) is 5.10 Å². The Bertz CT molecular complexity index is 1090. The SMILES string of the molecule is COc1cc(C=C2C(=O)N(c3c(F)c(F)c(F)c(F)c3F)N=C2C)cc(Cl)c1O. The highest BCUT2D eigenvalue weighted by Crippen LogP contribution is 2.37. The molecule has 0 unspecified atom stereocenters. The number of hydrazone groups is 1. The van der Waals surface area contributed by atoms with Crippen LogP contribution >= 0.6 is 11.6 Å². The Hall–Kier alpha value is -3.14. The summed E-state index contributed by atoms with van der Waals surface area (Å²) in [7, 11) is 1.26. The zero-order valence-corrected chi connectivity index (χ0v) is 15.4. The maximum atomic E-state index is 14.0. The summed E-state index contributed by atoms with van der Waals surface area (Å²) >= 11 is 5.87. The Morgan fingerprint density at radius 2 is 1.62 bits per heavy atom. The van der Waals surface area contributed by atoms with Gasteiger partial charge in [0.15, 0.2) is 34.8 Å². The lowest BCUT2D eigenvalue weighted by molar-refractivity contribution is -0.114. The van der Waals surface area contributed by atoms with Crippen molar-refractivity contribution >= 4 is 35.0 Å². The minimum absolute atomic E-state index is 0.0130. The molecule has 5 nitrogen and oxygen atoms in total. The van der Waals surface area contributed by atoms with Crippen LogP contribution in [0.3, 0.4) is 0 Å². The molecule has 2 aromatic carbocycles. The second-order valence-corrected chi connectivity index (χ2v) is 6.24. The number of carbonyl (C=O) groups excluding carboxylic acids is 1.